The zero-order valence-electron chi connectivity index (χ0n) is 10.2. The van der Waals surface area contributed by atoms with E-state index in [2.05, 4.69) is 56.1 Å². The van der Waals surface area contributed by atoms with Crippen molar-refractivity contribution in [1.29, 1.82) is 0 Å². The van der Waals surface area contributed by atoms with Gasteiger partial charge in [0.1, 0.15) is 0 Å². The molecule has 1 aliphatic carbocycles. The van der Waals surface area contributed by atoms with Crippen LogP contribution in [0.3, 0.4) is 0 Å². The van der Waals surface area contributed by atoms with Gasteiger partial charge in [0.05, 0.1) is 0 Å². The molecule has 16 heavy (non-hydrogen) atoms. The van der Waals surface area contributed by atoms with Crippen molar-refractivity contribution in [3.8, 4) is 0 Å². The van der Waals surface area contributed by atoms with E-state index < -0.39 is 0 Å². The van der Waals surface area contributed by atoms with Crippen molar-refractivity contribution in [3.05, 3.63) is 48.6 Å². The van der Waals surface area contributed by atoms with E-state index in [1.165, 1.54) is 12.0 Å². The third-order valence-corrected chi connectivity index (χ3v) is 3.25. The molecule has 2 rings (SSSR count). The van der Waals surface area contributed by atoms with Gasteiger partial charge in [-0.1, -0.05) is 36.4 Å². The smallest absolute Gasteiger partial charge is 0.0162 e. The minimum atomic E-state index is 0.177. The molecule has 1 fully saturated rings. The topological polar surface area (TPSA) is 12.0 Å². The van der Waals surface area contributed by atoms with Gasteiger partial charge in [0.15, 0.2) is 0 Å². The fraction of sp³-hybridized carbons (Fsp3) is 0.467. The Kier molecular flexibility index (Phi) is 3.15. The Balaban J connectivity index is 1.90. The van der Waals surface area contributed by atoms with Crippen LogP contribution in [0, 0.1) is 0 Å². The number of hydrogen-bond donors (Lipinski definition) is 1. The van der Waals surface area contributed by atoms with Crippen LogP contribution < -0.4 is 5.32 Å². The Morgan fingerprint density at radius 1 is 1.38 bits per heavy atom. The van der Waals surface area contributed by atoms with Gasteiger partial charge in [0, 0.05) is 17.5 Å². The largest absolute Gasteiger partial charge is 0.308 e. The van der Waals surface area contributed by atoms with Gasteiger partial charge in [-0.15, -0.1) is 6.58 Å². The summed E-state index contributed by atoms with van der Waals surface area (Å²) in [5.74, 6) is 0.713. The second-order valence-corrected chi connectivity index (χ2v) is 5.38. The summed E-state index contributed by atoms with van der Waals surface area (Å²) in [4.78, 5) is 0. The number of nitrogens with one attached hydrogen (secondary N) is 1. The van der Waals surface area contributed by atoms with Gasteiger partial charge in [0.2, 0.25) is 0 Å². The molecule has 2 atom stereocenters. The summed E-state index contributed by atoms with van der Waals surface area (Å²) in [6, 6.07) is 11.4. The summed E-state index contributed by atoms with van der Waals surface area (Å²) in [7, 11) is 0. The van der Waals surface area contributed by atoms with Gasteiger partial charge >= 0.3 is 0 Å². The highest BCUT2D eigenvalue weighted by Crippen LogP contribution is 2.41. The molecule has 0 radical (unpaired) electrons. The Hall–Kier alpha value is -1.08. The summed E-state index contributed by atoms with van der Waals surface area (Å²) < 4.78 is 0. The quantitative estimate of drug-likeness (QED) is 0.741. The van der Waals surface area contributed by atoms with Crippen LogP contribution in [0.15, 0.2) is 43.0 Å². The van der Waals surface area contributed by atoms with Gasteiger partial charge in [-0.3, -0.25) is 0 Å². The summed E-state index contributed by atoms with van der Waals surface area (Å²) >= 11 is 0. The fourth-order valence-electron chi connectivity index (χ4n) is 2.34. The maximum Gasteiger partial charge on any atom is 0.0162 e. The van der Waals surface area contributed by atoms with Crippen molar-refractivity contribution in [2.75, 3.05) is 0 Å². The number of rotatable bonds is 5. The van der Waals surface area contributed by atoms with E-state index >= 15 is 0 Å². The molecule has 1 heteroatoms. The molecule has 1 aliphatic rings. The number of benzene rings is 1. The molecular formula is C15H21N. The highest BCUT2D eigenvalue weighted by atomic mass is 15.0. The third kappa shape index (κ3) is 2.73. The maximum absolute atomic E-state index is 3.81. The summed E-state index contributed by atoms with van der Waals surface area (Å²) in [5.41, 5.74) is 1.64. The molecule has 0 saturated heterocycles. The molecule has 0 aromatic heterocycles. The van der Waals surface area contributed by atoms with E-state index in [1.54, 1.807) is 0 Å². The van der Waals surface area contributed by atoms with Crippen LogP contribution in [-0.2, 0) is 0 Å². The molecule has 0 aliphatic heterocycles. The molecule has 1 aromatic rings. The van der Waals surface area contributed by atoms with Crippen LogP contribution in [0.25, 0.3) is 0 Å². The Labute approximate surface area is 98.6 Å². The first-order valence-electron chi connectivity index (χ1n) is 6.06. The fourth-order valence-corrected chi connectivity index (χ4v) is 2.34. The van der Waals surface area contributed by atoms with Crippen LogP contribution in [-0.4, -0.2) is 11.6 Å². The van der Waals surface area contributed by atoms with Crippen LogP contribution in [0.5, 0.6) is 0 Å². The molecular weight excluding hydrogens is 194 g/mol. The highest BCUT2D eigenvalue weighted by molar-refractivity contribution is 5.28. The Morgan fingerprint density at radius 3 is 2.69 bits per heavy atom. The second-order valence-electron chi connectivity index (χ2n) is 5.38. The SMILES string of the molecule is C=CCC(C)(C)N[C@@H]1C[C@@H]1c1ccccc1. The second kappa shape index (κ2) is 4.42. The molecule has 0 unspecified atom stereocenters. The average Bonchev–Trinajstić information content (AvgIpc) is 2.97. The number of hydrogen-bond acceptors (Lipinski definition) is 1. The molecule has 86 valence electrons. The molecule has 0 bridgehead atoms. The monoisotopic (exact) mass is 215 g/mol. The first-order valence-corrected chi connectivity index (χ1v) is 6.06. The van der Waals surface area contributed by atoms with Crippen molar-refractivity contribution in [1.82, 2.24) is 5.32 Å². The third-order valence-electron chi connectivity index (χ3n) is 3.25. The van der Waals surface area contributed by atoms with Gasteiger partial charge in [-0.2, -0.15) is 0 Å². The van der Waals surface area contributed by atoms with E-state index in [1.807, 2.05) is 6.08 Å². The van der Waals surface area contributed by atoms with Gasteiger partial charge in [-0.05, 0) is 32.3 Å². The van der Waals surface area contributed by atoms with Crippen LogP contribution in [0.2, 0.25) is 0 Å². The summed E-state index contributed by atoms with van der Waals surface area (Å²) in [5, 5.41) is 3.71. The minimum absolute atomic E-state index is 0.177. The lowest BCUT2D eigenvalue weighted by molar-refractivity contribution is 0.386. The predicted octanol–water partition coefficient (Wildman–Crippen LogP) is 3.49. The lowest BCUT2D eigenvalue weighted by Gasteiger charge is -2.25. The molecule has 0 spiro atoms. The Morgan fingerprint density at radius 2 is 2.06 bits per heavy atom. The zero-order valence-corrected chi connectivity index (χ0v) is 10.2. The van der Waals surface area contributed by atoms with Crippen LogP contribution in [0.4, 0.5) is 0 Å². The predicted molar refractivity (Wildman–Crippen MR) is 69.6 cm³/mol. The molecule has 0 amide bonds. The van der Waals surface area contributed by atoms with E-state index in [-0.39, 0.29) is 5.54 Å². The summed E-state index contributed by atoms with van der Waals surface area (Å²) in [6.07, 6.45) is 4.28. The first-order chi connectivity index (χ1) is 7.62. The van der Waals surface area contributed by atoms with Gasteiger partial charge in [-0.25, -0.2) is 0 Å². The van der Waals surface area contributed by atoms with Crippen LogP contribution >= 0.6 is 0 Å². The Bertz CT molecular complexity index is 353. The van der Waals surface area contributed by atoms with Crippen molar-refractivity contribution in [3.63, 3.8) is 0 Å². The molecule has 1 N–H and O–H groups in total. The summed E-state index contributed by atoms with van der Waals surface area (Å²) in [6.45, 7) is 8.30. The van der Waals surface area contributed by atoms with Crippen molar-refractivity contribution < 1.29 is 0 Å². The lowest BCUT2D eigenvalue weighted by Crippen LogP contribution is -2.40. The van der Waals surface area contributed by atoms with E-state index in [0.29, 0.717) is 12.0 Å². The van der Waals surface area contributed by atoms with Crippen LogP contribution in [0.1, 0.15) is 38.2 Å². The lowest BCUT2D eigenvalue weighted by atomic mass is 10.0. The molecule has 1 aromatic carbocycles. The van der Waals surface area contributed by atoms with Crippen molar-refractivity contribution >= 4 is 0 Å². The molecule has 0 heterocycles. The average molecular weight is 215 g/mol. The maximum atomic E-state index is 3.81. The highest BCUT2D eigenvalue weighted by Gasteiger charge is 2.40. The van der Waals surface area contributed by atoms with E-state index in [4.69, 9.17) is 0 Å². The van der Waals surface area contributed by atoms with Gasteiger partial charge < -0.3 is 5.32 Å². The van der Waals surface area contributed by atoms with Crippen molar-refractivity contribution in [2.45, 2.75) is 44.2 Å². The zero-order chi connectivity index (χ0) is 11.6. The standard InChI is InChI=1S/C15H21N/c1-4-10-15(2,3)16-14-11-13(14)12-8-6-5-7-9-12/h4-9,13-14,16H,1,10-11H2,2-3H3/t13-,14-/m1/s1. The van der Waals surface area contributed by atoms with Crippen molar-refractivity contribution in [2.24, 2.45) is 0 Å². The first kappa shape index (κ1) is 11.4. The van der Waals surface area contributed by atoms with E-state index in [0.717, 1.165) is 6.42 Å². The minimum Gasteiger partial charge on any atom is -0.308 e. The van der Waals surface area contributed by atoms with E-state index in [9.17, 15) is 0 Å². The molecule has 1 saturated carbocycles. The normalized spacial score (nSPS) is 24.1. The molecule has 1 nitrogen and oxygen atoms in total. The van der Waals surface area contributed by atoms with Gasteiger partial charge in [0.25, 0.3) is 0 Å².